The fourth-order valence-electron chi connectivity index (χ4n) is 1.81. The Morgan fingerprint density at radius 3 is 2.41 bits per heavy atom. The van der Waals surface area contributed by atoms with Gasteiger partial charge in [0, 0.05) is 13.0 Å². The van der Waals surface area contributed by atoms with E-state index in [2.05, 4.69) is 10.3 Å². The maximum absolute atomic E-state index is 12.4. The monoisotopic (exact) mass is 387 g/mol. The summed E-state index contributed by atoms with van der Waals surface area (Å²) in [5.41, 5.74) is -2.56. The molecule has 148 valence electrons. The van der Waals surface area contributed by atoms with Gasteiger partial charge in [-0.2, -0.15) is 13.2 Å². The fraction of sp³-hybridized carbons (Fsp3) is 0.412. The lowest BCUT2D eigenvalue weighted by Gasteiger charge is -2.19. The van der Waals surface area contributed by atoms with Crippen molar-refractivity contribution in [1.29, 1.82) is 5.41 Å². The highest BCUT2D eigenvalue weighted by Gasteiger charge is 2.35. The van der Waals surface area contributed by atoms with Gasteiger partial charge in [0.1, 0.15) is 17.0 Å². The average molecular weight is 387 g/mol. The number of carbonyl (C=O) groups excluding carboxylic acids is 1. The summed E-state index contributed by atoms with van der Waals surface area (Å²) < 4.78 is 42.4. The largest absolute Gasteiger partial charge is 0.477 e. The third-order valence-electron chi connectivity index (χ3n) is 2.94. The SMILES string of the molecule is CC(C)(C)OC(=O)NCc1cccc(N=C(CC(=N)C(F)(F)F)C(=O)O)c1. The molecule has 0 fully saturated rings. The molecule has 1 amide bonds. The Bertz CT molecular complexity index is 753. The van der Waals surface area contributed by atoms with E-state index in [1.165, 1.54) is 18.2 Å². The number of aliphatic carboxylic acids is 1. The maximum Gasteiger partial charge on any atom is 0.429 e. The van der Waals surface area contributed by atoms with Crippen molar-refractivity contribution >= 4 is 29.2 Å². The molecule has 3 N–H and O–H groups in total. The molecule has 1 rings (SSSR count). The summed E-state index contributed by atoms with van der Waals surface area (Å²) in [4.78, 5) is 26.5. The Hall–Kier alpha value is -2.91. The van der Waals surface area contributed by atoms with Crippen LogP contribution in [0.15, 0.2) is 29.3 Å². The van der Waals surface area contributed by atoms with E-state index >= 15 is 0 Å². The van der Waals surface area contributed by atoms with E-state index in [1.807, 2.05) is 0 Å². The number of nitrogens with one attached hydrogen (secondary N) is 2. The lowest BCUT2D eigenvalue weighted by molar-refractivity contribution is -0.129. The zero-order valence-electron chi connectivity index (χ0n) is 15.0. The molecule has 0 unspecified atom stereocenters. The first kappa shape index (κ1) is 22.1. The predicted molar refractivity (Wildman–Crippen MR) is 92.6 cm³/mol. The molecule has 0 saturated heterocycles. The minimum absolute atomic E-state index is 0.0546. The number of alkyl halides is 3. The molecule has 0 aromatic heterocycles. The molecule has 10 heteroatoms. The first-order chi connectivity index (χ1) is 12.3. The number of rotatable bonds is 6. The molecule has 0 heterocycles. The van der Waals surface area contributed by atoms with Gasteiger partial charge in [-0.15, -0.1) is 0 Å². The van der Waals surface area contributed by atoms with Gasteiger partial charge in [0.05, 0.1) is 5.69 Å². The van der Waals surface area contributed by atoms with Gasteiger partial charge in [-0.05, 0) is 38.5 Å². The van der Waals surface area contributed by atoms with E-state index < -0.39 is 41.7 Å². The number of hydrogen-bond acceptors (Lipinski definition) is 5. The molecular weight excluding hydrogens is 367 g/mol. The van der Waals surface area contributed by atoms with Gasteiger partial charge in [0.2, 0.25) is 0 Å². The van der Waals surface area contributed by atoms with Crippen LogP contribution in [0.4, 0.5) is 23.7 Å². The number of carbonyl (C=O) groups is 2. The summed E-state index contributed by atoms with van der Waals surface area (Å²) in [6.07, 6.45) is -6.73. The van der Waals surface area contributed by atoms with Crippen LogP contribution < -0.4 is 5.32 Å². The molecule has 27 heavy (non-hydrogen) atoms. The molecule has 0 aliphatic heterocycles. The minimum atomic E-state index is -4.92. The first-order valence-electron chi connectivity index (χ1n) is 7.79. The number of halogens is 3. The molecule has 0 aliphatic carbocycles. The van der Waals surface area contributed by atoms with E-state index in [-0.39, 0.29) is 12.2 Å². The van der Waals surface area contributed by atoms with Gasteiger partial charge >= 0.3 is 18.2 Å². The van der Waals surface area contributed by atoms with Crippen LogP contribution in [0.3, 0.4) is 0 Å². The highest BCUT2D eigenvalue weighted by molar-refractivity contribution is 6.40. The van der Waals surface area contributed by atoms with E-state index in [9.17, 15) is 22.8 Å². The van der Waals surface area contributed by atoms with Crippen LogP contribution in [0.2, 0.25) is 0 Å². The molecule has 1 aromatic rings. The standard InChI is InChI=1S/C17H20F3N3O4/c1-16(2,3)27-15(26)22-9-10-5-4-6-11(7-10)23-12(14(24)25)8-13(21)17(18,19)20/h4-7,21H,8-9H2,1-3H3,(H,22,26)(H,24,25). The second kappa shape index (κ2) is 8.65. The van der Waals surface area contributed by atoms with Crippen LogP contribution in [0.5, 0.6) is 0 Å². The number of aliphatic imine (C=N–C) groups is 1. The fourth-order valence-corrected chi connectivity index (χ4v) is 1.81. The highest BCUT2D eigenvalue weighted by atomic mass is 19.4. The molecule has 0 atom stereocenters. The summed E-state index contributed by atoms with van der Waals surface area (Å²) in [5, 5.41) is 18.5. The molecule has 0 spiro atoms. The first-order valence-corrected chi connectivity index (χ1v) is 7.79. The van der Waals surface area contributed by atoms with Crippen molar-refractivity contribution in [3.05, 3.63) is 29.8 Å². The van der Waals surface area contributed by atoms with Gasteiger partial charge in [0.25, 0.3) is 0 Å². The van der Waals surface area contributed by atoms with E-state index in [4.69, 9.17) is 15.3 Å². The van der Waals surface area contributed by atoms with Crippen LogP contribution in [0.25, 0.3) is 0 Å². The van der Waals surface area contributed by atoms with Gasteiger partial charge in [-0.1, -0.05) is 12.1 Å². The van der Waals surface area contributed by atoms with Crippen molar-refractivity contribution < 1.29 is 32.6 Å². The number of hydrogen-bond donors (Lipinski definition) is 3. The molecule has 1 aromatic carbocycles. The van der Waals surface area contributed by atoms with Gasteiger partial charge in [0.15, 0.2) is 0 Å². The number of carboxylic acid groups (broad SMARTS) is 1. The smallest absolute Gasteiger partial charge is 0.429 e. The van der Waals surface area contributed by atoms with Crippen molar-refractivity contribution in [1.82, 2.24) is 5.32 Å². The molecule has 0 saturated carbocycles. The Balaban J connectivity index is 2.89. The van der Waals surface area contributed by atoms with Crippen molar-refractivity contribution in [3.8, 4) is 0 Å². The second-order valence-electron chi connectivity index (χ2n) is 6.54. The topological polar surface area (TPSA) is 112 Å². The minimum Gasteiger partial charge on any atom is -0.477 e. The Labute approximate surface area is 153 Å². The van der Waals surface area contributed by atoms with Gasteiger partial charge < -0.3 is 20.6 Å². The van der Waals surface area contributed by atoms with Gasteiger partial charge in [-0.3, -0.25) is 0 Å². The molecule has 7 nitrogen and oxygen atoms in total. The quantitative estimate of drug-likeness (QED) is 0.644. The molecular formula is C17H20F3N3O4. The third-order valence-corrected chi connectivity index (χ3v) is 2.94. The lowest BCUT2D eigenvalue weighted by atomic mass is 10.1. The van der Waals surface area contributed by atoms with Crippen LogP contribution in [-0.2, 0) is 16.1 Å². The molecule has 0 radical (unpaired) electrons. The summed E-state index contributed by atoms with van der Waals surface area (Å²) in [7, 11) is 0. The summed E-state index contributed by atoms with van der Waals surface area (Å²) in [5.74, 6) is -1.65. The number of alkyl carbamates (subject to hydrolysis) is 1. The number of ether oxygens (including phenoxy) is 1. The molecule has 0 aliphatic rings. The van der Waals surface area contributed by atoms with Crippen molar-refractivity contribution in [3.63, 3.8) is 0 Å². The van der Waals surface area contributed by atoms with E-state index in [1.54, 1.807) is 26.8 Å². The molecule has 0 bridgehead atoms. The highest BCUT2D eigenvalue weighted by Crippen LogP contribution is 2.20. The van der Waals surface area contributed by atoms with Crippen LogP contribution >= 0.6 is 0 Å². The van der Waals surface area contributed by atoms with E-state index in [0.717, 1.165) is 0 Å². The maximum atomic E-state index is 12.4. The van der Waals surface area contributed by atoms with Crippen molar-refractivity contribution in [2.75, 3.05) is 0 Å². The van der Waals surface area contributed by atoms with E-state index in [0.29, 0.717) is 5.56 Å². The zero-order chi connectivity index (χ0) is 20.8. The number of benzene rings is 1. The normalized spacial score (nSPS) is 12.4. The van der Waals surface area contributed by atoms with Crippen molar-refractivity contribution in [2.45, 2.75) is 45.5 Å². The van der Waals surface area contributed by atoms with Crippen LogP contribution in [0, 0.1) is 5.41 Å². The number of carboxylic acids is 1. The predicted octanol–water partition coefficient (Wildman–Crippen LogP) is 3.84. The average Bonchev–Trinajstić information content (AvgIpc) is 2.50. The Kier molecular flexibility index (Phi) is 7.09. The summed E-state index contributed by atoms with van der Waals surface area (Å²) in [6, 6.07) is 5.95. The third kappa shape index (κ3) is 8.34. The number of amides is 1. The van der Waals surface area contributed by atoms with Crippen LogP contribution in [-0.4, -0.2) is 40.4 Å². The van der Waals surface area contributed by atoms with Crippen molar-refractivity contribution in [2.24, 2.45) is 4.99 Å². The second-order valence-corrected chi connectivity index (χ2v) is 6.54. The zero-order valence-corrected chi connectivity index (χ0v) is 15.0. The Morgan fingerprint density at radius 1 is 1.26 bits per heavy atom. The lowest BCUT2D eigenvalue weighted by Crippen LogP contribution is -2.32. The number of nitrogens with zero attached hydrogens (tertiary/aromatic N) is 1. The summed E-state index contributed by atoms with van der Waals surface area (Å²) >= 11 is 0. The van der Waals surface area contributed by atoms with Gasteiger partial charge in [-0.25, -0.2) is 14.6 Å². The van der Waals surface area contributed by atoms with Crippen LogP contribution in [0.1, 0.15) is 32.8 Å². The Morgan fingerprint density at radius 2 is 1.89 bits per heavy atom. The summed E-state index contributed by atoms with van der Waals surface area (Å²) in [6.45, 7) is 5.16.